The maximum Gasteiger partial charge on any atom is 0.277 e. The first-order chi connectivity index (χ1) is 11.2. The van der Waals surface area contributed by atoms with Gasteiger partial charge in [-0.1, -0.05) is 34.8 Å². The number of amides is 1. The van der Waals surface area contributed by atoms with Crippen LogP contribution in [0.15, 0.2) is 18.2 Å². The molecule has 0 fully saturated rings. The Kier molecular flexibility index (Phi) is 6.57. The van der Waals surface area contributed by atoms with Crippen molar-refractivity contribution in [2.75, 3.05) is 0 Å². The summed E-state index contributed by atoms with van der Waals surface area (Å²) in [6, 6.07) is 2.54. The third-order valence-corrected chi connectivity index (χ3v) is 3.42. The monoisotopic (exact) mass is 412 g/mol. The Hall–Kier alpha value is -1.68. The van der Waals surface area contributed by atoms with Crippen LogP contribution in [-0.4, -0.2) is 31.3 Å². The van der Waals surface area contributed by atoms with E-state index in [4.69, 9.17) is 34.8 Å². The Labute approximate surface area is 157 Å². The zero-order chi connectivity index (χ0) is 19.6. The molecule has 0 aliphatic heterocycles. The standard InChI is InChI=1S/C13H15Cl3N4O5/c1-12(2,3)18-11(13(14,15)16)17-10(21)7-4-8(19(22)23)6-9(5-7)20(24)25/h4-6,11,18H,1-3H3,(H,17,21)/t11-/m1/s1. The molecule has 0 saturated heterocycles. The molecular formula is C13H15Cl3N4O5. The molecule has 138 valence electrons. The number of nitrogens with one attached hydrogen (secondary N) is 2. The molecule has 0 heterocycles. The maximum atomic E-state index is 12.4. The van der Waals surface area contributed by atoms with Crippen LogP contribution in [0.2, 0.25) is 0 Å². The first-order valence-electron chi connectivity index (χ1n) is 6.80. The molecule has 1 aromatic rings. The fraction of sp³-hybridized carbons (Fsp3) is 0.462. The van der Waals surface area contributed by atoms with Gasteiger partial charge in [0.1, 0.15) is 6.17 Å². The van der Waals surface area contributed by atoms with Crippen LogP contribution >= 0.6 is 34.8 Å². The number of rotatable bonds is 5. The number of nitro benzene ring substituents is 2. The smallest absolute Gasteiger partial charge is 0.277 e. The van der Waals surface area contributed by atoms with Crippen LogP contribution in [0.3, 0.4) is 0 Å². The number of non-ortho nitro benzene ring substituents is 2. The Bertz CT molecular complexity index is 668. The summed E-state index contributed by atoms with van der Waals surface area (Å²) in [5, 5.41) is 27.0. The average Bonchev–Trinajstić information content (AvgIpc) is 2.43. The summed E-state index contributed by atoms with van der Waals surface area (Å²) in [6.45, 7) is 5.29. The molecule has 0 bridgehead atoms. The normalized spacial score (nSPS) is 13.2. The zero-order valence-electron chi connectivity index (χ0n) is 13.4. The van der Waals surface area contributed by atoms with Crippen LogP contribution in [0, 0.1) is 20.2 Å². The van der Waals surface area contributed by atoms with E-state index in [1.54, 1.807) is 20.8 Å². The number of carbonyl (C=O) groups excluding carboxylic acids is 1. The first-order valence-corrected chi connectivity index (χ1v) is 7.93. The SMILES string of the molecule is CC(C)(C)N[C@@H](NC(=O)c1cc([N+](=O)[O-])cc([N+](=O)[O-])c1)C(Cl)(Cl)Cl. The molecule has 0 aromatic heterocycles. The summed E-state index contributed by atoms with van der Waals surface area (Å²) in [4.78, 5) is 32.5. The predicted octanol–water partition coefficient (Wildman–Crippen LogP) is 3.32. The van der Waals surface area contributed by atoms with Gasteiger partial charge in [-0.25, -0.2) is 0 Å². The highest BCUT2D eigenvalue weighted by Gasteiger charge is 2.36. The summed E-state index contributed by atoms with van der Waals surface area (Å²) < 4.78 is -1.93. The molecule has 1 atom stereocenters. The van der Waals surface area contributed by atoms with Gasteiger partial charge < -0.3 is 5.32 Å². The molecule has 0 spiro atoms. The lowest BCUT2D eigenvalue weighted by molar-refractivity contribution is -0.394. The summed E-state index contributed by atoms with van der Waals surface area (Å²) in [5.41, 5.74) is -2.06. The van der Waals surface area contributed by atoms with Crippen LogP contribution in [0.4, 0.5) is 11.4 Å². The molecule has 0 aliphatic rings. The van der Waals surface area contributed by atoms with Crippen LogP contribution in [0.5, 0.6) is 0 Å². The number of benzene rings is 1. The average molecular weight is 414 g/mol. The number of hydrogen-bond acceptors (Lipinski definition) is 6. The van der Waals surface area contributed by atoms with Gasteiger partial charge in [-0.3, -0.25) is 30.3 Å². The number of nitrogens with zero attached hydrogens (tertiary/aromatic N) is 2. The molecule has 2 N–H and O–H groups in total. The van der Waals surface area contributed by atoms with Crippen molar-refractivity contribution in [1.29, 1.82) is 0 Å². The molecule has 0 unspecified atom stereocenters. The van der Waals surface area contributed by atoms with Gasteiger partial charge in [0.2, 0.25) is 3.79 Å². The van der Waals surface area contributed by atoms with Gasteiger partial charge in [-0.05, 0) is 20.8 Å². The second-order valence-corrected chi connectivity index (χ2v) is 8.46. The molecule has 0 radical (unpaired) electrons. The Morgan fingerprint density at radius 2 is 1.48 bits per heavy atom. The number of nitro groups is 2. The first kappa shape index (κ1) is 21.4. The van der Waals surface area contributed by atoms with Gasteiger partial charge in [0.05, 0.1) is 21.5 Å². The van der Waals surface area contributed by atoms with Crippen LogP contribution in [0.1, 0.15) is 31.1 Å². The van der Waals surface area contributed by atoms with Gasteiger partial charge in [-0.2, -0.15) is 0 Å². The predicted molar refractivity (Wildman–Crippen MR) is 94.2 cm³/mol. The van der Waals surface area contributed by atoms with Gasteiger partial charge >= 0.3 is 0 Å². The molecule has 12 heteroatoms. The van der Waals surface area contributed by atoms with Crippen molar-refractivity contribution >= 4 is 52.1 Å². The molecule has 1 amide bonds. The largest absolute Gasteiger partial charge is 0.333 e. The van der Waals surface area contributed by atoms with Gasteiger partial charge in [0, 0.05) is 17.7 Å². The minimum absolute atomic E-state index is 0.309. The van der Waals surface area contributed by atoms with Crippen molar-refractivity contribution < 1.29 is 14.6 Å². The van der Waals surface area contributed by atoms with E-state index in [1.165, 1.54) is 0 Å². The van der Waals surface area contributed by atoms with Crippen molar-refractivity contribution in [2.45, 2.75) is 36.3 Å². The van der Waals surface area contributed by atoms with Gasteiger partial charge in [0.15, 0.2) is 0 Å². The third-order valence-electron chi connectivity index (χ3n) is 2.77. The Morgan fingerprint density at radius 3 is 1.80 bits per heavy atom. The number of alkyl halides is 3. The van der Waals surface area contributed by atoms with E-state index in [0.717, 1.165) is 18.2 Å². The Balaban J connectivity index is 3.20. The summed E-state index contributed by atoms with van der Waals surface area (Å²) >= 11 is 17.5. The second-order valence-electron chi connectivity index (χ2n) is 6.09. The van der Waals surface area contributed by atoms with Crippen LogP contribution < -0.4 is 10.6 Å². The van der Waals surface area contributed by atoms with Crippen molar-refractivity contribution in [1.82, 2.24) is 10.6 Å². The van der Waals surface area contributed by atoms with E-state index in [9.17, 15) is 25.0 Å². The van der Waals surface area contributed by atoms with Crippen molar-refractivity contribution in [3.63, 3.8) is 0 Å². The summed E-state index contributed by atoms with van der Waals surface area (Å²) in [6.07, 6.45) is -1.15. The van der Waals surface area contributed by atoms with E-state index in [-0.39, 0.29) is 5.56 Å². The molecular weight excluding hydrogens is 399 g/mol. The fourth-order valence-electron chi connectivity index (χ4n) is 1.78. The van der Waals surface area contributed by atoms with Crippen molar-refractivity contribution in [3.05, 3.63) is 44.0 Å². The van der Waals surface area contributed by atoms with E-state index in [1.807, 2.05) is 0 Å². The van der Waals surface area contributed by atoms with Crippen molar-refractivity contribution in [3.8, 4) is 0 Å². The van der Waals surface area contributed by atoms with Gasteiger partial charge in [-0.15, -0.1) is 0 Å². The lowest BCUT2D eigenvalue weighted by atomic mass is 10.1. The summed E-state index contributed by atoms with van der Waals surface area (Å²) in [5.74, 6) is -0.875. The second kappa shape index (κ2) is 7.69. The minimum atomic E-state index is -1.93. The van der Waals surface area contributed by atoms with E-state index < -0.39 is 42.6 Å². The third kappa shape index (κ3) is 6.62. The topological polar surface area (TPSA) is 127 Å². The van der Waals surface area contributed by atoms with Gasteiger partial charge in [0.25, 0.3) is 17.3 Å². The molecule has 25 heavy (non-hydrogen) atoms. The highest BCUT2D eigenvalue weighted by Crippen LogP contribution is 2.30. The fourth-order valence-corrected chi connectivity index (χ4v) is 2.11. The quantitative estimate of drug-likeness (QED) is 0.330. The molecule has 1 rings (SSSR count). The molecule has 0 saturated carbocycles. The molecule has 1 aromatic carbocycles. The van der Waals surface area contributed by atoms with E-state index >= 15 is 0 Å². The highest BCUT2D eigenvalue weighted by atomic mass is 35.6. The summed E-state index contributed by atoms with van der Waals surface area (Å²) in [7, 11) is 0. The van der Waals surface area contributed by atoms with E-state index in [0.29, 0.717) is 0 Å². The molecule has 9 nitrogen and oxygen atoms in total. The lowest BCUT2D eigenvalue weighted by Crippen LogP contribution is -2.58. The van der Waals surface area contributed by atoms with Crippen LogP contribution in [-0.2, 0) is 0 Å². The minimum Gasteiger partial charge on any atom is -0.333 e. The number of carbonyl (C=O) groups is 1. The number of halogens is 3. The zero-order valence-corrected chi connectivity index (χ0v) is 15.6. The van der Waals surface area contributed by atoms with Crippen LogP contribution in [0.25, 0.3) is 0 Å². The van der Waals surface area contributed by atoms with Crippen molar-refractivity contribution in [2.24, 2.45) is 0 Å². The number of hydrogen-bond donors (Lipinski definition) is 2. The van der Waals surface area contributed by atoms with E-state index in [2.05, 4.69) is 10.6 Å². The lowest BCUT2D eigenvalue weighted by Gasteiger charge is -2.33. The maximum absolute atomic E-state index is 12.4. The Morgan fingerprint density at radius 1 is 1.04 bits per heavy atom. The molecule has 0 aliphatic carbocycles. The highest BCUT2D eigenvalue weighted by molar-refractivity contribution is 6.68.